The largest absolute Gasteiger partial charge is 0.383 e. The van der Waals surface area contributed by atoms with E-state index < -0.39 is 0 Å². The van der Waals surface area contributed by atoms with Crippen LogP contribution in [-0.4, -0.2) is 9.55 Å². The van der Waals surface area contributed by atoms with Crippen LogP contribution in [0.25, 0.3) is 11.3 Å². The highest BCUT2D eigenvalue weighted by atomic mass is 15.1. The third-order valence-corrected chi connectivity index (χ3v) is 4.18. The maximum Gasteiger partial charge on any atom is 0.131 e. The standard InChI is InChI=1S/C16H18N4/c1-20-15(18)14(12-8-6-11(10-17)7-9-12)19-16(20)13-4-2-3-5-13/h6-9,13H,2-5,18H2,1H3. The Bertz CT molecular complexity index is 655. The van der Waals surface area contributed by atoms with Gasteiger partial charge in [-0.1, -0.05) is 25.0 Å². The van der Waals surface area contributed by atoms with E-state index in [0.717, 1.165) is 17.1 Å². The lowest BCUT2D eigenvalue weighted by atomic mass is 10.1. The van der Waals surface area contributed by atoms with Gasteiger partial charge in [-0.25, -0.2) is 4.98 Å². The molecule has 0 unspecified atom stereocenters. The van der Waals surface area contributed by atoms with Gasteiger partial charge in [0.25, 0.3) is 0 Å². The van der Waals surface area contributed by atoms with E-state index in [0.29, 0.717) is 17.3 Å². The fourth-order valence-electron chi connectivity index (χ4n) is 2.99. The molecule has 1 aromatic carbocycles. The van der Waals surface area contributed by atoms with Gasteiger partial charge in [-0.15, -0.1) is 0 Å². The van der Waals surface area contributed by atoms with E-state index in [2.05, 4.69) is 6.07 Å². The topological polar surface area (TPSA) is 67.6 Å². The number of nitriles is 1. The molecule has 0 bridgehead atoms. The Morgan fingerprint density at radius 2 is 1.90 bits per heavy atom. The van der Waals surface area contributed by atoms with Gasteiger partial charge in [0.2, 0.25) is 0 Å². The smallest absolute Gasteiger partial charge is 0.131 e. The minimum atomic E-state index is 0.537. The Hall–Kier alpha value is -2.28. The van der Waals surface area contributed by atoms with Crippen molar-refractivity contribution in [3.63, 3.8) is 0 Å². The first kappa shape index (κ1) is 12.7. The van der Waals surface area contributed by atoms with Crippen molar-refractivity contribution in [1.82, 2.24) is 9.55 Å². The number of hydrogen-bond acceptors (Lipinski definition) is 3. The van der Waals surface area contributed by atoms with Gasteiger partial charge < -0.3 is 10.3 Å². The maximum atomic E-state index is 8.85. The zero-order valence-corrected chi connectivity index (χ0v) is 11.6. The van der Waals surface area contributed by atoms with Crippen LogP contribution in [0.1, 0.15) is 43.0 Å². The van der Waals surface area contributed by atoms with Gasteiger partial charge in [0.05, 0.1) is 11.6 Å². The summed E-state index contributed by atoms with van der Waals surface area (Å²) in [6, 6.07) is 9.56. The first-order valence-corrected chi connectivity index (χ1v) is 7.03. The molecule has 1 heterocycles. The molecule has 1 saturated carbocycles. The number of imidazole rings is 1. The van der Waals surface area contributed by atoms with Crippen molar-refractivity contribution >= 4 is 5.82 Å². The van der Waals surface area contributed by atoms with Gasteiger partial charge in [-0.2, -0.15) is 5.26 Å². The normalized spacial score (nSPS) is 15.4. The molecule has 0 saturated heterocycles. The first-order chi connectivity index (χ1) is 9.70. The molecule has 1 aliphatic rings. The number of nitrogens with zero attached hydrogens (tertiary/aromatic N) is 3. The van der Waals surface area contributed by atoms with E-state index in [1.54, 1.807) is 12.1 Å². The van der Waals surface area contributed by atoms with Gasteiger partial charge in [0.1, 0.15) is 17.3 Å². The third-order valence-electron chi connectivity index (χ3n) is 4.18. The number of hydrogen-bond donors (Lipinski definition) is 1. The highest BCUT2D eigenvalue weighted by Gasteiger charge is 2.24. The van der Waals surface area contributed by atoms with Crippen molar-refractivity contribution < 1.29 is 0 Å². The second-order valence-electron chi connectivity index (χ2n) is 5.43. The summed E-state index contributed by atoms with van der Waals surface area (Å²) in [5, 5.41) is 8.85. The Balaban J connectivity index is 2.01. The second-order valence-corrected chi connectivity index (χ2v) is 5.43. The molecule has 1 aromatic heterocycles. The summed E-state index contributed by atoms with van der Waals surface area (Å²) >= 11 is 0. The molecule has 4 heteroatoms. The molecule has 4 nitrogen and oxygen atoms in total. The van der Waals surface area contributed by atoms with Crippen LogP contribution >= 0.6 is 0 Å². The Kier molecular flexibility index (Phi) is 3.19. The minimum Gasteiger partial charge on any atom is -0.383 e. The predicted octanol–water partition coefficient (Wildman–Crippen LogP) is 3.20. The molecule has 2 N–H and O–H groups in total. The number of aromatic nitrogens is 2. The molecule has 20 heavy (non-hydrogen) atoms. The summed E-state index contributed by atoms with van der Waals surface area (Å²) in [5.41, 5.74) is 8.67. The first-order valence-electron chi connectivity index (χ1n) is 7.03. The summed E-state index contributed by atoms with van der Waals surface area (Å²) in [7, 11) is 1.99. The van der Waals surface area contributed by atoms with Crippen LogP contribution in [0.15, 0.2) is 24.3 Å². The van der Waals surface area contributed by atoms with Crippen molar-refractivity contribution in [2.45, 2.75) is 31.6 Å². The van der Waals surface area contributed by atoms with Crippen LogP contribution in [0.3, 0.4) is 0 Å². The number of benzene rings is 1. The highest BCUT2D eigenvalue weighted by Crippen LogP contribution is 2.36. The molecule has 0 spiro atoms. The fourth-order valence-corrected chi connectivity index (χ4v) is 2.99. The SMILES string of the molecule is Cn1c(C2CCCC2)nc(-c2ccc(C#N)cc2)c1N. The van der Waals surface area contributed by atoms with E-state index in [4.69, 9.17) is 16.0 Å². The monoisotopic (exact) mass is 266 g/mol. The predicted molar refractivity (Wildman–Crippen MR) is 79.0 cm³/mol. The minimum absolute atomic E-state index is 0.537. The molecular weight excluding hydrogens is 248 g/mol. The zero-order chi connectivity index (χ0) is 14.1. The van der Waals surface area contributed by atoms with E-state index in [-0.39, 0.29) is 0 Å². The molecule has 0 radical (unpaired) electrons. The fraction of sp³-hybridized carbons (Fsp3) is 0.375. The molecule has 0 amide bonds. The zero-order valence-electron chi connectivity index (χ0n) is 11.6. The van der Waals surface area contributed by atoms with Crippen LogP contribution in [0.5, 0.6) is 0 Å². The number of anilines is 1. The van der Waals surface area contributed by atoms with Crippen molar-refractivity contribution in [1.29, 1.82) is 5.26 Å². The van der Waals surface area contributed by atoms with Crippen molar-refractivity contribution in [3.05, 3.63) is 35.7 Å². The van der Waals surface area contributed by atoms with Crippen LogP contribution in [-0.2, 0) is 7.05 Å². The van der Waals surface area contributed by atoms with E-state index in [1.807, 2.05) is 23.7 Å². The quantitative estimate of drug-likeness (QED) is 0.907. The lowest BCUT2D eigenvalue weighted by Crippen LogP contribution is -2.05. The summed E-state index contributed by atoms with van der Waals surface area (Å²) in [6.45, 7) is 0. The van der Waals surface area contributed by atoms with Crippen LogP contribution in [0, 0.1) is 11.3 Å². The van der Waals surface area contributed by atoms with Crippen molar-refractivity contribution in [2.24, 2.45) is 7.05 Å². The lowest BCUT2D eigenvalue weighted by molar-refractivity contribution is 0.635. The Labute approximate surface area is 118 Å². The molecule has 0 aliphatic heterocycles. The number of nitrogens with two attached hydrogens (primary N) is 1. The summed E-state index contributed by atoms with van der Waals surface area (Å²) in [6.07, 6.45) is 4.97. The van der Waals surface area contributed by atoms with Gasteiger partial charge >= 0.3 is 0 Å². The molecular formula is C16H18N4. The number of rotatable bonds is 2. The summed E-state index contributed by atoms with van der Waals surface area (Å²) in [4.78, 5) is 4.77. The highest BCUT2D eigenvalue weighted by molar-refractivity contribution is 5.71. The molecule has 1 aliphatic carbocycles. The third kappa shape index (κ3) is 2.05. The summed E-state index contributed by atoms with van der Waals surface area (Å²) < 4.78 is 2.02. The average molecular weight is 266 g/mol. The number of nitrogen functional groups attached to an aromatic ring is 1. The molecule has 2 aromatic rings. The molecule has 1 fully saturated rings. The van der Waals surface area contributed by atoms with Crippen LogP contribution in [0.4, 0.5) is 5.82 Å². The van der Waals surface area contributed by atoms with Gasteiger partial charge in [0, 0.05) is 18.5 Å². The molecule has 3 rings (SSSR count). The summed E-state index contributed by atoms with van der Waals surface area (Å²) in [5.74, 6) is 2.34. The van der Waals surface area contributed by atoms with Crippen molar-refractivity contribution in [3.8, 4) is 17.3 Å². The van der Waals surface area contributed by atoms with Gasteiger partial charge in [0.15, 0.2) is 0 Å². The molecule has 102 valence electrons. The van der Waals surface area contributed by atoms with E-state index in [1.165, 1.54) is 25.7 Å². The maximum absolute atomic E-state index is 8.85. The van der Waals surface area contributed by atoms with Gasteiger partial charge in [-0.05, 0) is 25.0 Å². The lowest BCUT2D eigenvalue weighted by Gasteiger charge is -2.08. The Morgan fingerprint density at radius 3 is 2.50 bits per heavy atom. The second kappa shape index (κ2) is 5.01. The van der Waals surface area contributed by atoms with Gasteiger partial charge in [-0.3, -0.25) is 0 Å². The van der Waals surface area contributed by atoms with Crippen LogP contribution in [0.2, 0.25) is 0 Å². The van der Waals surface area contributed by atoms with Crippen LogP contribution < -0.4 is 5.73 Å². The average Bonchev–Trinajstić information content (AvgIpc) is 3.10. The van der Waals surface area contributed by atoms with E-state index in [9.17, 15) is 0 Å². The van der Waals surface area contributed by atoms with Crippen molar-refractivity contribution in [2.75, 3.05) is 5.73 Å². The van der Waals surface area contributed by atoms with E-state index >= 15 is 0 Å². The molecule has 0 atom stereocenters. The Morgan fingerprint density at radius 1 is 1.25 bits per heavy atom.